The van der Waals surface area contributed by atoms with E-state index in [1.165, 1.54) is 11.3 Å². The van der Waals surface area contributed by atoms with Gasteiger partial charge in [0.05, 0.1) is 0 Å². The normalized spacial score (nSPS) is 15.1. The first kappa shape index (κ1) is 22.8. The number of hydrogen-bond acceptors (Lipinski definition) is 4. The number of benzene rings is 3. The van der Waals surface area contributed by atoms with E-state index in [2.05, 4.69) is 10.0 Å². The number of sulfonamides is 1. The van der Waals surface area contributed by atoms with Crippen LogP contribution >= 0.6 is 22.9 Å². The predicted molar refractivity (Wildman–Crippen MR) is 137 cm³/mol. The minimum absolute atomic E-state index is 0.210. The molecule has 8 heteroatoms. The highest BCUT2D eigenvalue weighted by Crippen LogP contribution is 2.29. The summed E-state index contributed by atoms with van der Waals surface area (Å²) in [6.07, 6.45) is 1.19. The molecule has 0 saturated heterocycles. The van der Waals surface area contributed by atoms with E-state index in [0.717, 1.165) is 22.3 Å². The minimum atomic E-state index is -3.53. The maximum absolute atomic E-state index is 13.1. The Morgan fingerprint density at radius 1 is 0.912 bits per heavy atom. The van der Waals surface area contributed by atoms with Gasteiger partial charge in [-0.15, -0.1) is 11.3 Å². The van der Waals surface area contributed by atoms with Crippen LogP contribution in [0.2, 0.25) is 5.02 Å². The number of fused-ring (bicyclic) bond motifs is 1. The van der Waals surface area contributed by atoms with Crippen molar-refractivity contribution in [2.75, 3.05) is 5.32 Å². The highest BCUT2D eigenvalue weighted by atomic mass is 35.5. The lowest BCUT2D eigenvalue weighted by Gasteiger charge is -2.12. The zero-order chi connectivity index (χ0) is 23.7. The van der Waals surface area contributed by atoms with Crippen molar-refractivity contribution in [2.45, 2.75) is 23.1 Å². The van der Waals surface area contributed by atoms with Gasteiger partial charge in [-0.2, -0.15) is 0 Å². The molecule has 5 nitrogen and oxygen atoms in total. The standard InChI is InChI=1S/C26H21ClN2O3S2/c27-20-10-7-17(8-11-20)23-4-1-2-5-24(23)26(30)28-21-12-9-18-14-22(16-19(18)15-21)29-34(31,32)25-6-3-13-33-25/h1-13,15,22,29H,14,16H2,(H,28,30). The average Bonchev–Trinajstić information content (AvgIpc) is 3.49. The molecule has 5 rings (SSSR count). The number of thiophene rings is 1. The first-order valence-electron chi connectivity index (χ1n) is 10.7. The first-order valence-corrected chi connectivity index (χ1v) is 13.5. The zero-order valence-corrected chi connectivity index (χ0v) is 20.4. The summed E-state index contributed by atoms with van der Waals surface area (Å²) in [4.78, 5) is 13.1. The monoisotopic (exact) mass is 508 g/mol. The molecule has 0 aliphatic heterocycles. The Bertz CT molecular complexity index is 1450. The molecule has 1 heterocycles. The molecule has 1 aromatic heterocycles. The number of hydrogen-bond donors (Lipinski definition) is 2. The molecule has 0 spiro atoms. The number of amides is 1. The number of rotatable bonds is 6. The van der Waals surface area contributed by atoms with Crippen molar-refractivity contribution in [3.8, 4) is 11.1 Å². The molecule has 4 aromatic rings. The largest absolute Gasteiger partial charge is 0.322 e. The van der Waals surface area contributed by atoms with Gasteiger partial charge in [0.1, 0.15) is 4.21 Å². The Morgan fingerprint density at radius 2 is 1.68 bits per heavy atom. The van der Waals surface area contributed by atoms with Crippen LogP contribution in [0.15, 0.2) is 88.5 Å². The molecule has 1 aliphatic rings. The molecule has 0 radical (unpaired) electrons. The lowest BCUT2D eigenvalue weighted by molar-refractivity contribution is 0.102. The van der Waals surface area contributed by atoms with Gasteiger partial charge in [0.2, 0.25) is 10.0 Å². The third-order valence-corrected chi connectivity index (χ3v) is 8.98. The van der Waals surface area contributed by atoms with Gasteiger partial charge in [0.25, 0.3) is 5.91 Å². The van der Waals surface area contributed by atoms with Crippen LogP contribution in [0.4, 0.5) is 5.69 Å². The summed E-state index contributed by atoms with van der Waals surface area (Å²) in [6.45, 7) is 0. The summed E-state index contributed by atoms with van der Waals surface area (Å²) in [5.41, 5.74) is 5.08. The van der Waals surface area contributed by atoms with Crippen LogP contribution in [0.1, 0.15) is 21.5 Å². The van der Waals surface area contributed by atoms with Crippen LogP contribution in [0.3, 0.4) is 0 Å². The second-order valence-corrected chi connectivity index (χ2v) is 11.5. The van der Waals surface area contributed by atoms with Crippen LogP contribution in [0.25, 0.3) is 11.1 Å². The van der Waals surface area contributed by atoms with Gasteiger partial charge in [0, 0.05) is 22.3 Å². The van der Waals surface area contributed by atoms with Gasteiger partial charge in [-0.3, -0.25) is 4.79 Å². The molecule has 0 bridgehead atoms. The Hall–Kier alpha value is -2.97. The lowest BCUT2D eigenvalue weighted by Crippen LogP contribution is -2.34. The second-order valence-electron chi connectivity index (χ2n) is 8.15. The summed E-state index contributed by atoms with van der Waals surface area (Å²) in [7, 11) is -3.53. The Balaban J connectivity index is 1.31. The second kappa shape index (κ2) is 9.35. The summed E-state index contributed by atoms with van der Waals surface area (Å²) >= 11 is 7.21. The molecule has 1 atom stereocenters. The van der Waals surface area contributed by atoms with Gasteiger partial charge in [-0.05, 0) is 76.9 Å². The van der Waals surface area contributed by atoms with Crippen molar-refractivity contribution in [2.24, 2.45) is 0 Å². The summed E-state index contributed by atoms with van der Waals surface area (Å²) in [5, 5.41) is 5.38. The molecule has 0 saturated carbocycles. The molecule has 34 heavy (non-hydrogen) atoms. The number of nitrogens with one attached hydrogen (secondary N) is 2. The van der Waals surface area contributed by atoms with E-state index in [0.29, 0.717) is 33.3 Å². The summed E-state index contributed by atoms with van der Waals surface area (Å²) in [5.74, 6) is -0.210. The minimum Gasteiger partial charge on any atom is -0.322 e. The number of carbonyl (C=O) groups excluding carboxylic acids is 1. The Morgan fingerprint density at radius 3 is 2.44 bits per heavy atom. The first-order chi connectivity index (χ1) is 16.4. The van der Waals surface area contributed by atoms with Crippen molar-refractivity contribution in [1.82, 2.24) is 4.72 Å². The fourth-order valence-corrected chi connectivity index (χ4v) is 6.61. The molecular formula is C26H21ClN2O3S2. The Kier molecular flexibility index (Phi) is 6.27. The van der Waals surface area contributed by atoms with E-state index in [1.807, 2.05) is 48.5 Å². The van der Waals surface area contributed by atoms with E-state index in [9.17, 15) is 13.2 Å². The average molecular weight is 509 g/mol. The van der Waals surface area contributed by atoms with E-state index in [4.69, 9.17) is 11.6 Å². The van der Waals surface area contributed by atoms with E-state index in [1.54, 1.807) is 35.7 Å². The molecule has 0 fully saturated rings. The third kappa shape index (κ3) is 4.79. The maximum Gasteiger partial charge on any atom is 0.256 e. The van der Waals surface area contributed by atoms with Gasteiger partial charge in [-0.1, -0.05) is 54.1 Å². The van der Waals surface area contributed by atoms with Crippen LogP contribution < -0.4 is 10.0 Å². The van der Waals surface area contributed by atoms with Gasteiger partial charge >= 0.3 is 0 Å². The number of anilines is 1. The quantitative estimate of drug-likeness (QED) is 0.347. The number of halogens is 1. The van der Waals surface area contributed by atoms with Crippen molar-refractivity contribution in [3.05, 3.63) is 106 Å². The summed E-state index contributed by atoms with van der Waals surface area (Å²) < 4.78 is 28.3. The summed E-state index contributed by atoms with van der Waals surface area (Å²) in [6, 6.07) is 23.7. The van der Waals surface area contributed by atoms with Crippen LogP contribution in [0, 0.1) is 0 Å². The molecule has 1 unspecified atom stereocenters. The van der Waals surface area contributed by atoms with Gasteiger partial charge < -0.3 is 5.32 Å². The molecule has 3 aromatic carbocycles. The number of carbonyl (C=O) groups is 1. The van der Waals surface area contributed by atoms with E-state index < -0.39 is 10.0 Å². The van der Waals surface area contributed by atoms with Crippen LogP contribution in [0.5, 0.6) is 0 Å². The van der Waals surface area contributed by atoms with E-state index >= 15 is 0 Å². The SMILES string of the molecule is O=C(Nc1ccc2c(c1)CC(NS(=O)(=O)c1cccs1)C2)c1ccccc1-c1ccc(Cl)cc1. The predicted octanol–water partition coefficient (Wildman–Crippen LogP) is 5.77. The maximum atomic E-state index is 13.1. The van der Waals surface area contributed by atoms with Crippen molar-refractivity contribution >= 4 is 44.6 Å². The highest BCUT2D eigenvalue weighted by Gasteiger charge is 2.27. The molecule has 1 aliphatic carbocycles. The van der Waals surface area contributed by atoms with Crippen LogP contribution in [-0.4, -0.2) is 20.4 Å². The fraction of sp³-hybridized carbons (Fsp3) is 0.115. The molecule has 2 N–H and O–H groups in total. The smallest absolute Gasteiger partial charge is 0.256 e. The van der Waals surface area contributed by atoms with Crippen molar-refractivity contribution in [1.29, 1.82) is 0 Å². The molecular weight excluding hydrogens is 488 g/mol. The van der Waals surface area contributed by atoms with E-state index in [-0.39, 0.29) is 11.9 Å². The zero-order valence-electron chi connectivity index (χ0n) is 18.0. The lowest BCUT2D eigenvalue weighted by atomic mass is 9.99. The molecule has 1 amide bonds. The topological polar surface area (TPSA) is 75.3 Å². The van der Waals surface area contributed by atoms with Crippen LogP contribution in [-0.2, 0) is 22.9 Å². The van der Waals surface area contributed by atoms with Gasteiger partial charge in [0.15, 0.2) is 0 Å². The van der Waals surface area contributed by atoms with Crippen molar-refractivity contribution in [3.63, 3.8) is 0 Å². The Labute approximate surface area is 207 Å². The van der Waals surface area contributed by atoms with Gasteiger partial charge in [-0.25, -0.2) is 13.1 Å². The highest BCUT2D eigenvalue weighted by molar-refractivity contribution is 7.91. The molecule has 172 valence electrons. The third-order valence-electron chi connectivity index (χ3n) is 5.81. The fourth-order valence-electron chi connectivity index (χ4n) is 4.23. The van der Waals surface area contributed by atoms with Crippen molar-refractivity contribution < 1.29 is 13.2 Å².